The number of benzene rings is 2. The molecule has 5 rings (SSSR count). The van der Waals surface area contributed by atoms with Crippen LogP contribution in [0.15, 0.2) is 87.5 Å². The average Bonchev–Trinajstić information content (AvgIpc) is 3.86. The van der Waals surface area contributed by atoms with Crippen molar-refractivity contribution in [3.63, 3.8) is 0 Å². The zero-order valence-electron chi connectivity index (χ0n) is 42.4. The number of sulfonamides is 2. The third kappa shape index (κ3) is 15.1. The number of nitrogen functional groups attached to an aromatic ring is 1. The molecule has 3 heterocycles. The molecule has 69 heavy (non-hydrogen) atoms. The second kappa shape index (κ2) is 23.5. The molecule has 0 aliphatic heterocycles. The molecule has 2 aromatic carbocycles. The van der Waals surface area contributed by atoms with Gasteiger partial charge in [-0.15, -0.1) is 0 Å². The van der Waals surface area contributed by atoms with Crippen LogP contribution in [0.1, 0.15) is 122 Å². The van der Waals surface area contributed by atoms with Gasteiger partial charge in [0.05, 0.1) is 12.4 Å². The third-order valence-corrected chi connectivity index (χ3v) is 12.8. The van der Waals surface area contributed by atoms with Crippen molar-refractivity contribution >= 4 is 61.0 Å². The van der Waals surface area contributed by atoms with Crippen molar-refractivity contribution in [1.29, 1.82) is 0 Å². The molecule has 0 aliphatic carbocycles. The van der Waals surface area contributed by atoms with Crippen LogP contribution >= 0.6 is 0 Å². The predicted octanol–water partition coefficient (Wildman–Crippen LogP) is 4.82. The number of nitrogens with one attached hydrogen (secondary N) is 2. The van der Waals surface area contributed by atoms with Crippen LogP contribution in [0.2, 0.25) is 0 Å². The SMILES string of the molecule is CC(C)c1ccc(C(C)C)c(N)c1.CC(C)c1ccc(C(C)C)c(NC(=O)NS(=O)(=O)c2cc(C(=O)N(C)C)n(C)n2)c1.CN(C)C(=O)c1cc(S(=O)(=O)N=C([O-])[n+]2ccc(N(C)C)cc2)nn1C. The van der Waals surface area contributed by atoms with Crippen molar-refractivity contribution in [1.82, 2.24) is 34.1 Å². The van der Waals surface area contributed by atoms with Crippen LogP contribution in [0, 0.1) is 0 Å². The molecule has 22 heteroatoms. The van der Waals surface area contributed by atoms with E-state index < -0.39 is 54.0 Å². The number of nitrogens with two attached hydrogens (primary N) is 1. The lowest BCUT2D eigenvalue weighted by atomic mass is 9.95. The minimum Gasteiger partial charge on any atom is -0.806 e. The van der Waals surface area contributed by atoms with Crippen LogP contribution in [0.3, 0.4) is 0 Å². The van der Waals surface area contributed by atoms with Gasteiger partial charge < -0.3 is 30.9 Å². The van der Waals surface area contributed by atoms with E-state index in [0.29, 0.717) is 17.5 Å². The number of aryl methyl sites for hydroxylation is 2. The Balaban J connectivity index is 0.000000294. The van der Waals surface area contributed by atoms with E-state index in [9.17, 15) is 36.3 Å². The molecule has 0 atom stereocenters. The van der Waals surface area contributed by atoms with E-state index in [-0.39, 0.29) is 23.2 Å². The van der Waals surface area contributed by atoms with Crippen LogP contribution in [-0.4, -0.2) is 112 Å². The first-order valence-corrected chi connectivity index (χ1v) is 24.9. The summed E-state index contributed by atoms with van der Waals surface area (Å²) >= 11 is 0. The van der Waals surface area contributed by atoms with E-state index in [1.54, 1.807) is 26.2 Å². The molecule has 0 bridgehead atoms. The summed E-state index contributed by atoms with van der Waals surface area (Å²) in [6, 6.07) is 15.8. The number of carbonyl (C=O) groups is 3. The summed E-state index contributed by atoms with van der Waals surface area (Å²) in [7, 11) is 4.12. The number of pyridine rings is 1. The summed E-state index contributed by atoms with van der Waals surface area (Å²) in [5.41, 5.74) is 12.9. The fraction of sp³-hybridized carbons (Fsp3) is 0.426. The highest BCUT2D eigenvalue weighted by Crippen LogP contribution is 2.29. The Morgan fingerprint density at radius 3 is 1.55 bits per heavy atom. The zero-order chi connectivity index (χ0) is 52.5. The van der Waals surface area contributed by atoms with Gasteiger partial charge in [0.2, 0.25) is 5.03 Å². The van der Waals surface area contributed by atoms with Crippen LogP contribution in [-0.2, 0) is 34.1 Å². The number of hydrogen-bond donors (Lipinski definition) is 3. The first-order valence-electron chi connectivity index (χ1n) is 22.0. The number of rotatable bonds is 12. The molecule has 0 saturated carbocycles. The first-order chi connectivity index (χ1) is 31.9. The summed E-state index contributed by atoms with van der Waals surface area (Å²) in [4.78, 5) is 41.0. The van der Waals surface area contributed by atoms with E-state index in [4.69, 9.17) is 5.73 Å². The smallest absolute Gasteiger partial charge is 0.388 e. The molecular formula is C47H68N12O8S2. The van der Waals surface area contributed by atoms with Gasteiger partial charge in [0, 0.05) is 102 Å². The maximum Gasteiger partial charge on any atom is 0.388 e. The maximum atomic E-state index is 12.6. The Kier molecular flexibility index (Phi) is 19.2. The molecule has 5 aromatic rings. The minimum atomic E-state index is -4.35. The molecule has 0 radical (unpaired) electrons. The molecule has 4 amide bonds. The fourth-order valence-electron chi connectivity index (χ4n) is 6.38. The molecule has 0 spiro atoms. The van der Waals surface area contributed by atoms with Crippen LogP contribution in [0.25, 0.3) is 0 Å². The lowest BCUT2D eigenvalue weighted by Crippen LogP contribution is -2.51. The van der Waals surface area contributed by atoms with Crippen LogP contribution in [0.5, 0.6) is 0 Å². The molecule has 0 aliphatic rings. The summed E-state index contributed by atoms with van der Waals surface area (Å²) in [5, 5.41) is 21.6. The number of urea groups is 1. The number of nitrogens with zero attached hydrogens (tertiary/aromatic N) is 9. The van der Waals surface area contributed by atoms with Gasteiger partial charge in [-0.25, -0.2) is 14.1 Å². The Hall–Kier alpha value is -6.81. The first kappa shape index (κ1) is 56.5. The van der Waals surface area contributed by atoms with Crippen molar-refractivity contribution in [3.8, 4) is 0 Å². The van der Waals surface area contributed by atoms with E-state index in [1.165, 1.54) is 61.5 Å². The number of amides is 4. The van der Waals surface area contributed by atoms with Gasteiger partial charge in [-0.05, 0) is 58.1 Å². The van der Waals surface area contributed by atoms with E-state index in [0.717, 1.165) is 48.6 Å². The van der Waals surface area contributed by atoms with Gasteiger partial charge in [-0.3, -0.25) is 19.0 Å². The standard InChI is InChI=1S/C20H29N5O4S.C15H20N6O4S.C12H19N/c1-12(2)14-8-9-15(13(3)4)16(10-14)21-20(27)23-30(28,29)18-11-17(25(7)22-18)19(26)24(5)6;1-18(2)11-6-8-21(9-7-11)15(23)17-26(24,25)13-10-12(20(5)16-13)14(22)19(3)4;1-8(2)10-5-6-11(9(3)4)12(13)7-10/h8-13H,1-7H3,(H2,21,23,27);6-10H,1-5H3;5-9H,13H2,1-4H3. The highest BCUT2D eigenvalue weighted by Gasteiger charge is 2.28. The summed E-state index contributed by atoms with van der Waals surface area (Å²) in [5.74, 6) is 0.641. The fourth-order valence-corrected chi connectivity index (χ4v) is 8.16. The zero-order valence-corrected chi connectivity index (χ0v) is 44.1. The molecule has 0 saturated heterocycles. The normalized spacial score (nSPS) is 11.7. The van der Waals surface area contributed by atoms with E-state index >= 15 is 0 Å². The number of carbonyl (C=O) groups excluding carboxylic acids is 3. The van der Waals surface area contributed by atoms with Crippen molar-refractivity contribution < 1.29 is 40.9 Å². The predicted molar refractivity (Wildman–Crippen MR) is 266 cm³/mol. The maximum absolute atomic E-state index is 12.6. The quantitative estimate of drug-likeness (QED) is 0.0658. The second-order valence-corrected chi connectivity index (χ2v) is 21.2. The molecule has 376 valence electrons. The minimum absolute atomic E-state index is 0.0687. The number of anilines is 3. The molecule has 0 fully saturated rings. The van der Waals surface area contributed by atoms with Gasteiger partial charge >= 0.3 is 16.1 Å². The molecule has 0 unspecified atom stereocenters. The molecular weight excluding hydrogens is 925 g/mol. The lowest BCUT2D eigenvalue weighted by Gasteiger charge is -2.17. The number of aromatic nitrogens is 5. The van der Waals surface area contributed by atoms with Crippen molar-refractivity contribution in [2.24, 2.45) is 18.5 Å². The van der Waals surface area contributed by atoms with Crippen LogP contribution in [0.4, 0.5) is 21.9 Å². The summed E-state index contributed by atoms with van der Waals surface area (Å²) in [6.07, 6.45) is 2.83. The Bertz CT molecular complexity index is 2860. The van der Waals surface area contributed by atoms with Gasteiger partial charge in [-0.1, -0.05) is 79.7 Å². The van der Waals surface area contributed by atoms with Gasteiger partial charge in [0.1, 0.15) is 11.4 Å². The van der Waals surface area contributed by atoms with Gasteiger partial charge in [0.15, 0.2) is 5.03 Å². The van der Waals surface area contributed by atoms with Gasteiger partial charge in [-0.2, -0.15) is 27.0 Å². The largest absolute Gasteiger partial charge is 0.806 e. The molecule has 3 aromatic heterocycles. The average molecular weight is 993 g/mol. The third-order valence-electron chi connectivity index (χ3n) is 10.5. The summed E-state index contributed by atoms with van der Waals surface area (Å²) in [6.45, 7) is 16.7. The molecule has 20 nitrogen and oxygen atoms in total. The van der Waals surface area contributed by atoms with Crippen molar-refractivity contribution in [2.75, 3.05) is 58.2 Å². The highest BCUT2D eigenvalue weighted by atomic mass is 32.2. The Morgan fingerprint density at radius 2 is 1.12 bits per heavy atom. The topological polar surface area (TPSA) is 254 Å². The Morgan fingerprint density at radius 1 is 0.667 bits per heavy atom. The highest BCUT2D eigenvalue weighted by molar-refractivity contribution is 7.90. The van der Waals surface area contributed by atoms with Crippen molar-refractivity contribution in [2.45, 2.75) is 89.1 Å². The van der Waals surface area contributed by atoms with Crippen molar-refractivity contribution in [3.05, 3.63) is 107 Å². The second-order valence-electron chi connectivity index (χ2n) is 18.0. The summed E-state index contributed by atoms with van der Waals surface area (Å²) < 4.78 is 58.5. The Labute approximate surface area is 406 Å². The van der Waals surface area contributed by atoms with E-state index in [2.05, 4.69) is 65.8 Å². The van der Waals surface area contributed by atoms with E-state index in [1.807, 2.05) is 69.6 Å². The van der Waals surface area contributed by atoms with Gasteiger partial charge in [0.25, 0.3) is 27.9 Å². The lowest BCUT2D eigenvalue weighted by molar-refractivity contribution is -0.613. The number of hydrogen-bond acceptors (Lipinski definition) is 12. The monoisotopic (exact) mass is 992 g/mol. The molecule has 4 N–H and O–H groups in total. The van der Waals surface area contributed by atoms with Crippen LogP contribution < -0.4 is 30.3 Å².